The number of hydrogen-bond acceptors (Lipinski definition) is 5. The van der Waals surface area contributed by atoms with Gasteiger partial charge in [0.05, 0.1) is 22.0 Å². The summed E-state index contributed by atoms with van der Waals surface area (Å²) in [5.41, 5.74) is 11.5. The van der Waals surface area contributed by atoms with Crippen molar-refractivity contribution < 1.29 is 13.2 Å². The van der Waals surface area contributed by atoms with Crippen molar-refractivity contribution in [2.45, 2.75) is 32.2 Å². The van der Waals surface area contributed by atoms with Gasteiger partial charge in [0.2, 0.25) is 0 Å². The maximum absolute atomic E-state index is 13.3. The number of rotatable bonds is 5. The van der Waals surface area contributed by atoms with E-state index in [1.54, 1.807) is 28.8 Å². The summed E-state index contributed by atoms with van der Waals surface area (Å²) in [5.74, 6) is -0.787. The Morgan fingerprint density at radius 3 is 2.35 bits per heavy atom. The minimum Gasteiger partial charge on any atom is -0.399 e. The Bertz CT molecular complexity index is 1570. The van der Waals surface area contributed by atoms with Gasteiger partial charge in [-0.05, 0) is 73.9 Å². The molecule has 34 heavy (non-hydrogen) atoms. The van der Waals surface area contributed by atoms with Crippen LogP contribution in [0.4, 0.5) is 5.69 Å². The van der Waals surface area contributed by atoms with Crippen LogP contribution in [-0.2, 0) is 16.6 Å². The van der Waals surface area contributed by atoms with Crippen LogP contribution in [0.2, 0.25) is 0 Å². The summed E-state index contributed by atoms with van der Waals surface area (Å²) >= 11 is 0. The molecule has 4 rings (SSSR count). The van der Waals surface area contributed by atoms with E-state index in [9.17, 15) is 18.5 Å². The molecule has 0 unspecified atom stereocenters. The predicted molar refractivity (Wildman–Crippen MR) is 132 cm³/mol. The highest BCUT2D eigenvalue weighted by Gasteiger charge is 2.24. The van der Waals surface area contributed by atoms with E-state index in [1.807, 2.05) is 26.8 Å². The van der Waals surface area contributed by atoms with Crippen molar-refractivity contribution in [3.05, 3.63) is 94.2 Å². The number of sulfonamides is 1. The highest BCUT2D eigenvalue weighted by molar-refractivity contribution is 7.90. The van der Waals surface area contributed by atoms with E-state index in [-0.39, 0.29) is 16.3 Å². The first-order chi connectivity index (χ1) is 16.1. The highest BCUT2D eigenvalue weighted by atomic mass is 32.2. The Hall–Kier alpha value is -4.09. The Morgan fingerprint density at radius 2 is 1.71 bits per heavy atom. The summed E-state index contributed by atoms with van der Waals surface area (Å²) in [6.07, 6.45) is 0. The van der Waals surface area contributed by atoms with Crippen LogP contribution >= 0.6 is 0 Å². The van der Waals surface area contributed by atoms with E-state index in [1.165, 1.54) is 18.2 Å². The van der Waals surface area contributed by atoms with Gasteiger partial charge >= 0.3 is 0 Å². The lowest BCUT2D eigenvalue weighted by atomic mass is 9.99. The van der Waals surface area contributed by atoms with Crippen LogP contribution in [0.3, 0.4) is 0 Å². The lowest BCUT2D eigenvalue weighted by Crippen LogP contribution is -2.32. The van der Waals surface area contributed by atoms with Crippen LogP contribution in [0.1, 0.15) is 38.3 Å². The van der Waals surface area contributed by atoms with Crippen LogP contribution in [0, 0.1) is 32.1 Å². The molecule has 0 aliphatic rings. The average molecular weight is 473 g/mol. The monoisotopic (exact) mass is 472 g/mol. The third-order valence-electron chi connectivity index (χ3n) is 5.85. The molecule has 1 amide bonds. The third-order valence-corrected chi connectivity index (χ3v) is 7.18. The van der Waals surface area contributed by atoms with E-state index in [2.05, 4.69) is 22.9 Å². The molecule has 1 aromatic heterocycles. The average Bonchev–Trinajstić information content (AvgIpc) is 3.14. The van der Waals surface area contributed by atoms with Gasteiger partial charge in [-0.2, -0.15) is 5.26 Å². The lowest BCUT2D eigenvalue weighted by molar-refractivity contribution is 0.0973. The number of nitriles is 1. The Balaban J connectivity index is 1.84. The van der Waals surface area contributed by atoms with E-state index >= 15 is 0 Å². The summed E-state index contributed by atoms with van der Waals surface area (Å²) in [7, 11) is -4.15. The van der Waals surface area contributed by atoms with Crippen molar-refractivity contribution in [3.63, 3.8) is 0 Å². The summed E-state index contributed by atoms with van der Waals surface area (Å²) in [6, 6.07) is 18.8. The van der Waals surface area contributed by atoms with Gasteiger partial charge in [0, 0.05) is 17.6 Å². The van der Waals surface area contributed by atoms with Crippen molar-refractivity contribution in [1.82, 2.24) is 9.29 Å². The number of aromatic nitrogens is 1. The van der Waals surface area contributed by atoms with Crippen molar-refractivity contribution >= 4 is 32.5 Å². The second-order valence-corrected chi connectivity index (χ2v) is 10.0. The van der Waals surface area contributed by atoms with Crippen LogP contribution in [-0.4, -0.2) is 18.9 Å². The van der Waals surface area contributed by atoms with Crippen LogP contribution < -0.4 is 10.5 Å². The topological polar surface area (TPSA) is 118 Å². The Morgan fingerprint density at radius 1 is 1.03 bits per heavy atom. The number of nitrogens with one attached hydrogen (secondary N) is 1. The predicted octanol–water partition coefficient (Wildman–Crippen LogP) is 4.19. The molecule has 0 saturated heterocycles. The molecule has 172 valence electrons. The molecular formula is C26H24N4O3S. The molecule has 7 nitrogen and oxygen atoms in total. The molecular weight excluding hydrogens is 448 g/mol. The number of nitrogen functional groups attached to an aromatic ring is 1. The van der Waals surface area contributed by atoms with E-state index < -0.39 is 15.9 Å². The standard InChI is InChI=1S/C26H24N4O3S/c1-16-10-17(2)23(18(3)11-16)15-30-24-9-4-6-19(14-27)22(24)13-25(30)26(31)29-34(32,33)21-8-5-7-20(28)12-21/h4-13H,15,28H2,1-3H3,(H,29,31). The van der Waals surface area contributed by atoms with E-state index in [0.717, 1.165) is 22.3 Å². The third kappa shape index (κ3) is 4.26. The molecule has 1 heterocycles. The maximum Gasteiger partial charge on any atom is 0.281 e. The second kappa shape index (κ2) is 8.69. The molecule has 0 aliphatic heterocycles. The molecule has 0 aliphatic carbocycles. The van der Waals surface area contributed by atoms with E-state index in [4.69, 9.17) is 5.73 Å². The fourth-order valence-corrected chi connectivity index (χ4v) is 5.29. The summed E-state index contributed by atoms with van der Waals surface area (Å²) in [6.45, 7) is 6.38. The number of hydrogen-bond donors (Lipinski definition) is 2. The zero-order chi connectivity index (χ0) is 24.6. The van der Waals surface area contributed by atoms with E-state index in [0.29, 0.717) is 23.0 Å². The number of amides is 1. The fourth-order valence-electron chi connectivity index (χ4n) is 4.27. The fraction of sp³-hybridized carbons (Fsp3) is 0.154. The van der Waals surface area contributed by atoms with Gasteiger partial charge in [-0.15, -0.1) is 0 Å². The maximum atomic E-state index is 13.3. The molecule has 3 N–H and O–H groups in total. The SMILES string of the molecule is Cc1cc(C)c(Cn2c(C(=O)NS(=O)(=O)c3cccc(N)c3)cc3c(C#N)cccc32)c(C)c1. The van der Waals surface area contributed by atoms with Crippen molar-refractivity contribution in [2.75, 3.05) is 5.73 Å². The minimum absolute atomic E-state index is 0.105. The van der Waals surface area contributed by atoms with Gasteiger partial charge in [0.1, 0.15) is 5.69 Å². The number of fused-ring (bicyclic) bond motifs is 1. The van der Waals surface area contributed by atoms with Crippen molar-refractivity contribution in [1.29, 1.82) is 5.26 Å². The molecule has 4 aromatic rings. The largest absolute Gasteiger partial charge is 0.399 e. The lowest BCUT2D eigenvalue weighted by Gasteiger charge is -2.16. The number of carbonyl (C=O) groups excluding carboxylic acids is 1. The van der Waals surface area contributed by atoms with Crippen LogP contribution in [0.25, 0.3) is 10.9 Å². The highest BCUT2D eigenvalue weighted by Crippen LogP contribution is 2.27. The molecule has 0 atom stereocenters. The first kappa shape index (κ1) is 23.1. The van der Waals surface area contributed by atoms with Gasteiger partial charge in [0.25, 0.3) is 15.9 Å². The summed E-state index contributed by atoms with van der Waals surface area (Å²) in [4.78, 5) is 13.2. The van der Waals surface area contributed by atoms with Crippen molar-refractivity contribution in [2.24, 2.45) is 0 Å². The van der Waals surface area contributed by atoms with Crippen molar-refractivity contribution in [3.8, 4) is 6.07 Å². The number of nitrogens with two attached hydrogens (primary N) is 1. The molecule has 8 heteroatoms. The molecule has 0 fully saturated rings. The second-order valence-electron chi connectivity index (χ2n) is 8.35. The Kier molecular flexibility index (Phi) is 5.90. The first-order valence-electron chi connectivity index (χ1n) is 10.6. The van der Waals surface area contributed by atoms with Gasteiger partial charge < -0.3 is 10.3 Å². The molecule has 3 aromatic carbocycles. The number of anilines is 1. The number of carbonyl (C=O) groups is 1. The number of benzene rings is 3. The smallest absolute Gasteiger partial charge is 0.281 e. The minimum atomic E-state index is -4.15. The van der Waals surface area contributed by atoms with Gasteiger partial charge in [-0.3, -0.25) is 4.79 Å². The quantitative estimate of drug-likeness (QED) is 0.422. The van der Waals surface area contributed by atoms with Crippen LogP contribution in [0.15, 0.2) is 65.6 Å². The normalized spacial score (nSPS) is 11.4. The van der Waals surface area contributed by atoms with Gasteiger partial charge in [0.15, 0.2) is 0 Å². The van der Waals surface area contributed by atoms with Gasteiger partial charge in [-0.25, -0.2) is 13.1 Å². The zero-order valence-electron chi connectivity index (χ0n) is 19.1. The Labute approximate surface area is 198 Å². The van der Waals surface area contributed by atoms with Crippen LogP contribution in [0.5, 0.6) is 0 Å². The summed E-state index contributed by atoms with van der Waals surface area (Å²) in [5, 5.41) is 10.2. The summed E-state index contributed by atoms with van der Waals surface area (Å²) < 4.78 is 29.7. The molecule has 0 radical (unpaired) electrons. The zero-order valence-corrected chi connectivity index (χ0v) is 19.9. The molecule has 0 saturated carbocycles. The number of nitrogens with zero attached hydrogens (tertiary/aromatic N) is 2. The van der Waals surface area contributed by atoms with Gasteiger partial charge in [-0.1, -0.05) is 29.8 Å². The molecule has 0 spiro atoms. The first-order valence-corrected chi connectivity index (χ1v) is 12.1. The number of aryl methyl sites for hydroxylation is 3. The molecule has 0 bridgehead atoms.